The van der Waals surface area contributed by atoms with Crippen LogP contribution in [0.5, 0.6) is 0 Å². The van der Waals surface area contributed by atoms with E-state index in [-0.39, 0.29) is 12.0 Å². The van der Waals surface area contributed by atoms with Crippen molar-refractivity contribution >= 4 is 17.7 Å². The number of imidazole rings is 1. The predicted molar refractivity (Wildman–Crippen MR) is 118 cm³/mol. The van der Waals surface area contributed by atoms with Crippen LogP contribution in [0.4, 0.5) is 19.0 Å². The Balaban J connectivity index is 1.82. The summed E-state index contributed by atoms with van der Waals surface area (Å²) in [6.07, 6.45) is 3.13. The fourth-order valence-electron chi connectivity index (χ4n) is 3.38. The Bertz CT molecular complexity index is 972. The number of hydrogen-bond acceptors (Lipinski definition) is 6. The Kier molecular flexibility index (Phi) is 7.32. The summed E-state index contributed by atoms with van der Waals surface area (Å²) in [5.41, 5.74) is 1.61. The Labute approximate surface area is 185 Å². The highest BCUT2D eigenvalue weighted by Gasteiger charge is 2.32. The number of nitrogens with zero attached hydrogens (tertiary/aromatic N) is 2. The summed E-state index contributed by atoms with van der Waals surface area (Å²) < 4.78 is 38.6. The van der Waals surface area contributed by atoms with E-state index < -0.39 is 11.7 Å². The minimum absolute atomic E-state index is 0.203. The van der Waals surface area contributed by atoms with Crippen molar-refractivity contribution in [3.8, 4) is 0 Å². The lowest BCUT2D eigenvalue weighted by molar-refractivity contribution is -0.137. The monoisotopic (exact) mass is 447 g/mol. The zero-order chi connectivity index (χ0) is 23.3. The molecule has 2 heterocycles. The molecule has 1 saturated carbocycles. The van der Waals surface area contributed by atoms with Gasteiger partial charge in [-0.1, -0.05) is 6.92 Å². The molecule has 10 heteroatoms. The van der Waals surface area contributed by atoms with Gasteiger partial charge in [-0.3, -0.25) is 4.98 Å². The molecule has 1 aliphatic rings. The molecule has 1 unspecified atom stereocenters. The average Bonchev–Trinajstić information content (AvgIpc) is 3.55. The van der Waals surface area contributed by atoms with Crippen molar-refractivity contribution < 1.29 is 13.2 Å². The van der Waals surface area contributed by atoms with Gasteiger partial charge in [0.05, 0.1) is 23.0 Å². The van der Waals surface area contributed by atoms with Gasteiger partial charge in [0.2, 0.25) is 0 Å². The summed E-state index contributed by atoms with van der Waals surface area (Å²) in [5, 5.41) is 22.2. The molecule has 2 aromatic heterocycles. The fraction of sp³-hybridized carbons (Fsp3) is 0.455. The van der Waals surface area contributed by atoms with Crippen molar-refractivity contribution in [1.82, 2.24) is 20.3 Å². The van der Waals surface area contributed by atoms with E-state index in [0.29, 0.717) is 48.0 Å². The van der Waals surface area contributed by atoms with Crippen molar-refractivity contribution in [2.45, 2.75) is 51.2 Å². The highest BCUT2D eigenvalue weighted by molar-refractivity contribution is 6.03. The number of alkyl halides is 3. The number of aromatic amines is 1. The summed E-state index contributed by atoms with van der Waals surface area (Å²) >= 11 is 0. The van der Waals surface area contributed by atoms with Crippen LogP contribution in [0.3, 0.4) is 0 Å². The zero-order valence-corrected chi connectivity index (χ0v) is 18.1. The van der Waals surface area contributed by atoms with Crippen molar-refractivity contribution in [3.63, 3.8) is 0 Å². The van der Waals surface area contributed by atoms with Gasteiger partial charge < -0.3 is 26.4 Å². The Morgan fingerprint density at radius 3 is 2.62 bits per heavy atom. The quantitative estimate of drug-likeness (QED) is 0.317. The standard InChI is InChI=1S/C22H28F3N7/c1-3-16(17-8-7-15(12-29-17)22(23,24)25)30-21-20(19(27)14-5-6-14)31-18(32-21)9-4-13(10-26)11-28-2/h7-8,10-12,14,16,26-28,30H,3-6,9H2,1-2H3,(H,31,32)/b13-11-,26-10?,27-19?. The third kappa shape index (κ3) is 5.74. The van der Waals surface area contributed by atoms with Crippen LogP contribution < -0.4 is 10.6 Å². The van der Waals surface area contributed by atoms with Gasteiger partial charge in [-0.25, -0.2) is 4.98 Å². The number of nitrogens with one attached hydrogen (secondary N) is 5. The van der Waals surface area contributed by atoms with Crippen LogP contribution in [0.1, 0.15) is 61.4 Å². The molecule has 1 fully saturated rings. The molecule has 32 heavy (non-hydrogen) atoms. The topological polar surface area (TPSA) is 113 Å². The number of aryl methyl sites for hydroxylation is 1. The normalized spacial score (nSPS) is 15.3. The summed E-state index contributed by atoms with van der Waals surface area (Å²) in [6.45, 7) is 1.91. The van der Waals surface area contributed by atoms with Crippen molar-refractivity contribution in [2.24, 2.45) is 5.92 Å². The number of aromatic nitrogens is 3. The number of hydrogen-bond donors (Lipinski definition) is 5. The smallest absolute Gasteiger partial charge is 0.394 e. The lowest BCUT2D eigenvalue weighted by Crippen LogP contribution is -2.15. The maximum atomic E-state index is 12.9. The Hall–Kier alpha value is -3.17. The van der Waals surface area contributed by atoms with Crippen LogP contribution in [0.15, 0.2) is 30.1 Å². The maximum absolute atomic E-state index is 12.9. The van der Waals surface area contributed by atoms with E-state index in [9.17, 15) is 13.2 Å². The van der Waals surface area contributed by atoms with Crippen molar-refractivity contribution in [3.05, 3.63) is 52.9 Å². The number of rotatable bonds is 11. The van der Waals surface area contributed by atoms with Gasteiger partial charge in [-0.2, -0.15) is 13.2 Å². The van der Waals surface area contributed by atoms with E-state index in [2.05, 4.69) is 25.6 Å². The first kappa shape index (κ1) is 23.5. The van der Waals surface area contributed by atoms with Gasteiger partial charge in [0.15, 0.2) is 5.82 Å². The van der Waals surface area contributed by atoms with Gasteiger partial charge in [0.1, 0.15) is 11.5 Å². The van der Waals surface area contributed by atoms with Crippen LogP contribution in [-0.4, -0.2) is 33.9 Å². The molecule has 172 valence electrons. The Morgan fingerprint density at radius 2 is 2.09 bits per heavy atom. The minimum Gasteiger partial charge on any atom is -0.394 e. The first-order valence-corrected chi connectivity index (χ1v) is 10.6. The van der Waals surface area contributed by atoms with Gasteiger partial charge in [0.25, 0.3) is 0 Å². The van der Waals surface area contributed by atoms with E-state index in [0.717, 1.165) is 30.7 Å². The number of allylic oxidation sites excluding steroid dienone is 1. The summed E-state index contributed by atoms with van der Waals surface area (Å²) in [4.78, 5) is 11.9. The second-order valence-electron chi connectivity index (χ2n) is 7.82. The van der Waals surface area contributed by atoms with E-state index >= 15 is 0 Å². The molecule has 1 atom stereocenters. The lowest BCUT2D eigenvalue weighted by Gasteiger charge is -2.18. The molecule has 0 radical (unpaired) electrons. The minimum atomic E-state index is -4.43. The first-order chi connectivity index (χ1) is 15.3. The second kappa shape index (κ2) is 9.97. The van der Waals surface area contributed by atoms with Crippen LogP contribution in [0.2, 0.25) is 0 Å². The molecule has 0 spiro atoms. The van der Waals surface area contributed by atoms with Crippen LogP contribution in [-0.2, 0) is 12.6 Å². The summed E-state index contributed by atoms with van der Waals surface area (Å²) in [7, 11) is 1.77. The van der Waals surface area contributed by atoms with Crippen LogP contribution in [0, 0.1) is 16.7 Å². The van der Waals surface area contributed by atoms with Crippen LogP contribution >= 0.6 is 0 Å². The van der Waals surface area contributed by atoms with E-state index in [1.165, 1.54) is 12.3 Å². The predicted octanol–water partition coefficient (Wildman–Crippen LogP) is 4.85. The largest absolute Gasteiger partial charge is 0.417 e. The highest BCUT2D eigenvalue weighted by Crippen LogP contribution is 2.35. The van der Waals surface area contributed by atoms with Gasteiger partial charge in [-0.15, -0.1) is 0 Å². The van der Waals surface area contributed by atoms with Crippen LogP contribution in [0.25, 0.3) is 0 Å². The third-order valence-corrected chi connectivity index (χ3v) is 5.36. The number of anilines is 1. The number of pyridine rings is 1. The van der Waals surface area contributed by atoms with Gasteiger partial charge in [-0.05, 0) is 43.4 Å². The molecule has 7 nitrogen and oxygen atoms in total. The van der Waals surface area contributed by atoms with Crippen molar-refractivity contribution in [2.75, 3.05) is 12.4 Å². The molecule has 0 amide bonds. The molecule has 3 rings (SSSR count). The summed E-state index contributed by atoms with van der Waals surface area (Å²) in [6, 6.07) is 2.06. The Morgan fingerprint density at radius 1 is 1.34 bits per heavy atom. The molecule has 0 aromatic carbocycles. The first-order valence-electron chi connectivity index (χ1n) is 10.6. The van der Waals surface area contributed by atoms with E-state index in [1.54, 1.807) is 13.2 Å². The fourth-order valence-corrected chi connectivity index (χ4v) is 3.38. The van der Waals surface area contributed by atoms with Crippen molar-refractivity contribution in [1.29, 1.82) is 10.8 Å². The highest BCUT2D eigenvalue weighted by atomic mass is 19.4. The number of H-pyrrole nitrogens is 1. The average molecular weight is 448 g/mol. The molecule has 0 saturated heterocycles. The molecule has 5 N–H and O–H groups in total. The molecule has 0 aliphatic heterocycles. The SMILES string of the molecule is CCC(Nc1nc(CC/C(C=N)=C/NC)[nH]c1C(=N)C1CC1)c1ccc(C(F)(F)F)cn1. The van der Waals surface area contributed by atoms with Gasteiger partial charge >= 0.3 is 6.18 Å². The molecular weight excluding hydrogens is 419 g/mol. The number of halogens is 3. The molecular formula is C22H28F3N7. The summed E-state index contributed by atoms with van der Waals surface area (Å²) in [5.74, 6) is 1.40. The second-order valence-corrected chi connectivity index (χ2v) is 7.82. The van der Waals surface area contributed by atoms with Gasteiger partial charge in [0, 0.05) is 38.0 Å². The van der Waals surface area contributed by atoms with E-state index in [4.69, 9.17) is 10.8 Å². The molecule has 2 aromatic rings. The molecule has 1 aliphatic carbocycles. The lowest BCUT2D eigenvalue weighted by atomic mass is 10.1. The third-order valence-electron chi connectivity index (χ3n) is 5.36. The zero-order valence-electron chi connectivity index (χ0n) is 18.1. The maximum Gasteiger partial charge on any atom is 0.417 e. The van der Waals surface area contributed by atoms with E-state index in [1.807, 2.05) is 6.92 Å². The molecule has 0 bridgehead atoms.